The van der Waals surface area contributed by atoms with E-state index in [1.165, 1.54) is 19.2 Å². The molecule has 0 radical (unpaired) electrons. The Morgan fingerprint density at radius 3 is 2.57 bits per heavy atom. The highest BCUT2D eigenvalue weighted by Crippen LogP contribution is 2.30. The Morgan fingerprint density at radius 1 is 1.14 bits per heavy atom. The van der Waals surface area contributed by atoms with Crippen molar-refractivity contribution >= 4 is 18.0 Å². The molecule has 0 unspecified atom stereocenters. The predicted molar refractivity (Wildman–Crippen MR) is 102 cm³/mol. The molecule has 2 aromatic rings. The van der Waals surface area contributed by atoms with Crippen LogP contribution >= 0.6 is 0 Å². The van der Waals surface area contributed by atoms with Gasteiger partial charge in [0.2, 0.25) is 0 Å². The van der Waals surface area contributed by atoms with Gasteiger partial charge in [-0.1, -0.05) is 24.3 Å². The van der Waals surface area contributed by atoms with Crippen molar-refractivity contribution in [2.24, 2.45) is 0 Å². The summed E-state index contributed by atoms with van der Waals surface area (Å²) in [6.07, 6.45) is 1.53. The van der Waals surface area contributed by atoms with Gasteiger partial charge in [0.15, 0.2) is 11.5 Å². The third kappa shape index (κ3) is 4.14. The molecule has 3 amide bonds. The van der Waals surface area contributed by atoms with Gasteiger partial charge in [0.25, 0.3) is 5.91 Å². The fourth-order valence-corrected chi connectivity index (χ4v) is 2.80. The number of hydrogen-bond donors (Lipinski definition) is 1. The molecule has 7 heteroatoms. The van der Waals surface area contributed by atoms with Crippen molar-refractivity contribution in [2.45, 2.75) is 26.5 Å². The Morgan fingerprint density at radius 2 is 1.89 bits per heavy atom. The van der Waals surface area contributed by atoms with Crippen LogP contribution in [0.1, 0.15) is 25.0 Å². The summed E-state index contributed by atoms with van der Waals surface area (Å²) >= 11 is 0. The number of amides is 3. The second-order valence-corrected chi connectivity index (χ2v) is 6.55. The number of ether oxygens (including phenoxy) is 2. The molecule has 1 N–H and O–H groups in total. The lowest BCUT2D eigenvalue weighted by Gasteiger charge is -2.14. The van der Waals surface area contributed by atoms with Gasteiger partial charge in [0, 0.05) is 5.56 Å². The lowest BCUT2D eigenvalue weighted by molar-refractivity contribution is -0.123. The summed E-state index contributed by atoms with van der Waals surface area (Å²) in [5.41, 5.74) is 1.04. The molecular formula is C21H21FN2O4. The molecule has 1 heterocycles. The predicted octanol–water partition coefficient (Wildman–Crippen LogP) is 3.71. The highest BCUT2D eigenvalue weighted by molar-refractivity contribution is 6.13. The number of carbonyl (C=O) groups excluding carboxylic acids is 2. The number of rotatable bonds is 6. The third-order valence-electron chi connectivity index (χ3n) is 4.11. The summed E-state index contributed by atoms with van der Waals surface area (Å²) in [7, 11) is 1.53. The summed E-state index contributed by atoms with van der Waals surface area (Å²) < 4.78 is 24.8. The van der Waals surface area contributed by atoms with Gasteiger partial charge >= 0.3 is 6.03 Å². The zero-order chi connectivity index (χ0) is 20.3. The van der Waals surface area contributed by atoms with E-state index in [2.05, 4.69) is 5.32 Å². The van der Waals surface area contributed by atoms with E-state index < -0.39 is 17.8 Å². The molecule has 1 aliphatic rings. The molecule has 0 atom stereocenters. The number of carbonyl (C=O) groups is 2. The lowest BCUT2D eigenvalue weighted by Crippen LogP contribution is -2.30. The van der Waals surface area contributed by atoms with Crippen LogP contribution in [-0.4, -0.2) is 30.1 Å². The van der Waals surface area contributed by atoms with E-state index in [9.17, 15) is 14.0 Å². The minimum absolute atomic E-state index is 0.0132. The first kappa shape index (κ1) is 19.4. The van der Waals surface area contributed by atoms with Crippen LogP contribution in [0.3, 0.4) is 0 Å². The van der Waals surface area contributed by atoms with Crippen LogP contribution in [0.5, 0.6) is 11.5 Å². The number of nitrogens with zero attached hydrogens (tertiary/aromatic N) is 1. The Labute approximate surface area is 162 Å². The highest BCUT2D eigenvalue weighted by Gasteiger charge is 2.34. The molecule has 2 aromatic carbocycles. The Hall–Kier alpha value is -3.35. The fraction of sp³-hybridized carbons (Fsp3) is 0.238. The second kappa shape index (κ2) is 8.12. The minimum atomic E-state index is -0.591. The van der Waals surface area contributed by atoms with E-state index in [-0.39, 0.29) is 23.9 Å². The Bertz CT molecular complexity index is 940. The van der Waals surface area contributed by atoms with Crippen LogP contribution in [0.15, 0.2) is 48.2 Å². The molecule has 0 spiro atoms. The van der Waals surface area contributed by atoms with Crippen molar-refractivity contribution in [3.05, 3.63) is 65.1 Å². The molecule has 6 nitrogen and oxygen atoms in total. The fourth-order valence-electron chi connectivity index (χ4n) is 2.80. The first-order chi connectivity index (χ1) is 13.4. The van der Waals surface area contributed by atoms with Crippen LogP contribution in [0, 0.1) is 5.82 Å². The first-order valence-corrected chi connectivity index (χ1v) is 8.81. The Kier molecular flexibility index (Phi) is 5.63. The van der Waals surface area contributed by atoms with E-state index >= 15 is 0 Å². The second-order valence-electron chi connectivity index (χ2n) is 6.55. The van der Waals surface area contributed by atoms with E-state index in [0.29, 0.717) is 17.1 Å². The largest absolute Gasteiger partial charge is 0.493 e. The molecule has 0 bridgehead atoms. The number of imide groups is 1. The average molecular weight is 384 g/mol. The smallest absolute Gasteiger partial charge is 0.329 e. The topological polar surface area (TPSA) is 67.9 Å². The summed E-state index contributed by atoms with van der Waals surface area (Å²) in [6.45, 7) is 3.68. The molecule has 1 aliphatic heterocycles. The SMILES string of the molecule is COc1cc(C=C2NC(=O)N(Cc3ccccc3F)C2=O)ccc1OC(C)C. The number of nitrogens with one attached hydrogen (secondary N) is 1. The quantitative estimate of drug-likeness (QED) is 0.609. The number of halogens is 1. The number of benzene rings is 2. The van der Waals surface area contributed by atoms with Gasteiger partial charge in [0.1, 0.15) is 11.5 Å². The standard InChI is InChI=1S/C21H21FN2O4/c1-13(2)28-18-9-8-14(11-19(18)27-3)10-17-20(25)24(21(26)23-17)12-15-6-4-5-7-16(15)22/h4-11,13H,12H2,1-3H3,(H,23,26). The van der Waals surface area contributed by atoms with Crippen molar-refractivity contribution in [2.75, 3.05) is 7.11 Å². The van der Waals surface area contributed by atoms with Gasteiger partial charge in [-0.05, 0) is 43.7 Å². The molecule has 0 aromatic heterocycles. The monoisotopic (exact) mass is 384 g/mol. The number of methoxy groups -OCH3 is 1. The van der Waals surface area contributed by atoms with E-state index in [1.54, 1.807) is 36.4 Å². The molecule has 0 aliphatic carbocycles. The number of hydrogen-bond acceptors (Lipinski definition) is 4. The highest BCUT2D eigenvalue weighted by atomic mass is 19.1. The van der Waals surface area contributed by atoms with Crippen molar-refractivity contribution in [3.63, 3.8) is 0 Å². The summed E-state index contributed by atoms with van der Waals surface area (Å²) in [6, 6.07) is 10.6. The molecule has 1 saturated heterocycles. The van der Waals surface area contributed by atoms with Gasteiger partial charge in [-0.3, -0.25) is 9.69 Å². The average Bonchev–Trinajstić information content (AvgIpc) is 2.91. The number of urea groups is 1. The van der Waals surface area contributed by atoms with Crippen LogP contribution in [0.2, 0.25) is 0 Å². The maximum absolute atomic E-state index is 13.8. The van der Waals surface area contributed by atoms with Gasteiger partial charge in [-0.2, -0.15) is 0 Å². The molecule has 3 rings (SSSR count). The molecule has 0 saturated carbocycles. The molecule has 28 heavy (non-hydrogen) atoms. The van der Waals surface area contributed by atoms with Gasteiger partial charge in [-0.15, -0.1) is 0 Å². The van der Waals surface area contributed by atoms with Crippen molar-refractivity contribution in [1.82, 2.24) is 10.2 Å². The van der Waals surface area contributed by atoms with E-state index in [1.807, 2.05) is 13.8 Å². The first-order valence-electron chi connectivity index (χ1n) is 8.81. The summed E-state index contributed by atoms with van der Waals surface area (Å²) in [5.74, 6) is 0.117. The van der Waals surface area contributed by atoms with E-state index in [0.717, 1.165) is 4.90 Å². The van der Waals surface area contributed by atoms with Crippen LogP contribution < -0.4 is 14.8 Å². The van der Waals surface area contributed by atoms with Crippen molar-refractivity contribution < 1.29 is 23.5 Å². The van der Waals surface area contributed by atoms with Gasteiger partial charge < -0.3 is 14.8 Å². The maximum Gasteiger partial charge on any atom is 0.329 e. The maximum atomic E-state index is 13.8. The van der Waals surface area contributed by atoms with Crippen molar-refractivity contribution in [1.29, 1.82) is 0 Å². The molecular weight excluding hydrogens is 363 g/mol. The Balaban J connectivity index is 1.82. The normalized spacial score (nSPS) is 15.3. The van der Waals surface area contributed by atoms with Crippen LogP contribution in [0.25, 0.3) is 6.08 Å². The summed E-state index contributed by atoms with van der Waals surface area (Å²) in [5, 5.41) is 2.53. The summed E-state index contributed by atoms with van der Waals surface area (Å²) in [4.78, 5) is 25.8. The van der Waals surface area contributed by atoms with E-state index in [4.69, 9.17) is 9.47 Å². The molecule has 1 fully saturated rings. The zero-order valence-corrected chi connectivity index (χ0v) is 15.9. The van der Waals surface area contributed by atoms with Crippen LogP contribution in [0.4, 0.5) is 9.18 Å². The minimum Gasteiger partial charge on any atom is -0.493 e. The molecule has 146 valence electrons. The lowest BCUT2D eigenvalue weighted by atomic mass is 10.1. The van der Waals surface area contributed by atoms with Crippen LogP contribution in [-0.2, 0) is 11.3 Å². The van der Waals surface area contributed by atoms with Crippen molar-refractivity contribution in [3.8, 4) is 11.5 Å². The zero-order valence-electron chi connectivity index (χ0n) is 15.9. The van der Waals surface area contributed by atoms with Gasteiger partial charge in [-0.25, -0.2) is 9.18 Å². The van der Waals surface area contributed by atoms with Gasteiger partial charge in [0.05, 0.1) is 19.8 Å². The third-order valence-corrected chi connectivity index (χ3v) is 4.11.